The van der Waals surface area contributed by atoms with Crippen LogP contribution in [0.15, 0.2) is 93.6 Å². The Kier molecular flexibility index (Phi) is 6.11. The number of aromatic nitrogens is 1. The molecule has 2 heterocycles. The zero-order valence-corrected chi connectivity index (χ0v) is 19.0. The molecule has 0 atom stereocenters. The molecule has 4 aromatic rings. The SMILES string of the molecule is CNCc1cc(-c2ccccc2F)n(S(=O)(=O)c2cccc(NS(=O)(=O)c3ccoc3)c2)c1. The van der Waals surface area contributed by atoms with Gasteiger partial charge in [0.15, 0.2) is 0 Å². The normalized spacial score (nSPS) is 12.1. The van der Waals surface area contributed by atoms with Gasteiger partial charge in [0.1, 0.15) is 17.0 Å². The van der Waals surface area contributed by atoms with Crippen molar-refractivity contribution < 1.29 is 25.6 Å². The highest BCUT2D eigenvalue weighted by molar-refractivity contribution is 7.92. The maximum absolute atomic E-state index is 14.5. The van der Waals surface area contributed by atoms with Gasteiger partial charge in [-0.1, -0.05) is 18.2 Å². The Morgan fingerprint density at radius 2 is 1.76 bits per heavy atom. The average molecular weight is 490 g/mol. The van der Waals surface area contributed by atoms with E-state index in [2.05, 4.69) is 10.0 Å². The van der Waals surface area contributed by atoms with Crippen LogP contribution in [0.1, 0.15) is 5.56 Å². The van der Waals surface area contributed by atoms with Crippen molar-refractivity contribution in [2.45, 2.75) is 16.3 Å². The fourth-order valence-corrected chi connectivity index (χ4v) is 5.72. The third kappa shape index (κ3) is 4.56. The number of nitrogens with one attached hydrogen (secondary N) is 2. The van der Waals surface area contributed by atoms with E-state index in [-0.39, 0.29) is 26.7 Å². The van der Waals surface area contributed by atoms with E-state index in [1.165, 1.54) is 61.0 Å². The van der Waals surface area contributed by atoms with Gasteiger partial charge < -0.3 is 9.73 Å². The van der Waals surface area contributed by atoms with Crippen LogP contribution in [0.2, 0.25) is 0 Å². The van der Waals surface area contributed by atoms with Crippen LogP contribution in [0, 0.1) is 5.82 Å². The highest BCUT2D eigenvalue weighted by Gasteiger charge is 2.24. The van der Waals surface area contributed by atoms with E-state index in [0.717, 1.165) is 10.2 Å². The molecule has 172 valence electrons. The van der Waals surface area contributed by atoms with Gasteiger partial charge in [-0.15, -0.1) is 0 Å². The number of nitrogens with zero attached hydrogens (tertiary/aromatic N) is 1. The van der Waals surface area contributed by atoms with E-state index < -0.39 is 25.9 Å². The highest BCUT2D eigenvalue weighted by atomic mass is 32.2. The molecule has 0 unspecified atom stereocenters. The topological polar surface area (TPSA) is 110 Å². The minimum absolute atomic E-state index is 0.0484. The monoisotopic (exact) mass is 489 g/mol. The number of hydrogen-bond donors (Lipinski definition) is 2. The van der Waals surface area contributed by atoms with Gasteiger partial charge in [0.2, 0.25) is 0 Å². The molecular weight excluding hydrogens is 469 g/mol. The molecule has 11 heteroatoms. The summed E-state index contributed by atoms with van der Waals surface area (Å²) in [5.74, 6) is -0.565. The van der Waals surface area contributed by atoms with Crippen LogP contribution in [0.25, 0.3) is 11.3 Å². The second-order valence-corrected chi connectivity index (χ2v) is 10.6. The molecule has 0 saturated carbocycles. The Morgan fingerprint density at radius 1 is 0.970 bits per heavy atom. The summed E-state index contributed by atoms with van der Waals surface area (Å²) in [6.07, 6.45) is 3.69. The molecule has 0 saturated heterocycles. The van der Waals surface area contributed by atoms with E-state index >= 15 is 0 Å². The summed E-state index contributed by atoms with van der Waals surface area (Å²) in [5, 5.41) is 2.94. The van der Waals surface area contributed by atoms with Crippen LogP contribution in [0.3, 0.4) is 0 Å². The van der Waals surface area contributed by atoms with E-state index in [0.29, 0.717) is 12.1 Å². The molecule has 0 aliphatic heterocycles. The Labute approximate surface area is 190 Å². The lowest BCUT2D eigenvalue weighted by atomic mass is 10.1. The number of anilines is 1. The fourth-order valence-electron chi connectivity index (χ4n) is 3.31. The first-order valence-electron chi connectivity index (χ1n) is 9.74. The van der Waals surface area contributed by atoms with Crippen molar-refractivity contribution in [3.05, 3.63) is 90.8 Å². The Morgan fingerprint density at radius 3 is 2.45 bits per heavy atom. The van der Waals surface area contributed by atoms with Crippen LogP contribution in [0.5, 0.6) is 0 Å². The largest absolute Gasteiger partial charge is 0.471 e. The van der Waals surface area contributed by atoms with Crippen molar-refractivity contribution >= 4 is 25.7 Å². The Balaban J connectivity index is 1.78. The molecule has 0 amide bonds. The van der Waals surface area contributed by atoms with Gasteiger partial charge in [-0.3, -0.25) is 4.72 Å². The summed E-state index contributed by atoms with van der Waals surface area (Å²) >= 11 is 0. The average Bonchev–Trinajstić information content (AvgIpc) is 3.45. The van der Waals surface area contributed by atoms with Crippen molar-refractivity contribution in [3.63, 3.8) is 0 Å². The van der Waals surface area contributed by atoms with Crippen LogP contribution >= 0.6 is 0 Å². The Hall–Kier alpha value is -3.41. The van der Waals surface area contributed by atoms with E-state index in [9.17, 15) is 21.2 Å². The molecule has 0 aliphatic carbocycles. The van der Waals surface area contributed by atoms with E-state index in [4.69, 9.17) is 4.42 Å². The smallest absolute Gasteiger partial charge is 0.268 e. The number of sulfonamides is 1. The van der Waals surface area contributed by atoms with Gasteiger partial charge in [-0.05, 0) is 55.1 Å². The lowest BCUT2D eigenvalue weighted by Crippen LogP contribution is -2.15. The summed E-state index contributed by atoms with van der Waals surface area (Å²) in [4.78, 5) is -0.265. The lowest BCUT2D eigenvalue weighted by Gasteiger charge is -2.13. The van der Waals surface area contributed by atoms with Crippen molar-refractivity contribution in [3.8, 4) is 11.3 Å². The number of benzene rings is 2. The zero-order valence-electron chi connectivity index (χ0n) is 17.4. The lowest BCUT2D eigenvalue weighted by molar-refractivity contribution is 0.557. The van der Waals surface area contributed by atoms with Crippen molar-refractivity contribution in [1.82, 2.24) is 9.29 Å². The minimum atomic E-state index is -4.20. The summed E-state index contributed by atoms with van der Waals surface area (Å²) < 4.78 is 74.7. The molecule has 33 heavy (non-hydrogen) atoms. The number of halogens is 1. The van der Waals surface area contributed by atoms with Gasteiger partial charge >= 0.3 is 0 Å². The predicted octanol–water partition coefficient (Wildman–Crippen LogP) is 3.64. The molecule has 4 rings (SSSR count). The third-order valence-corrected chi connectivity index (χ3v) is 7.85. The highest BCUT2D eigenvalue weighted by Crippen LogP contribution is 2.30. The molecule has 2 aromatic carbocycles. The van der Waals surface area contributed by atoms with E-state index in [1.54, 1.807) is 19.2 Å². The first-order valence-corrected chi connectivity index (χ1v) is 12.7. The standard InChI is InChI=1S/C22H20FN3O5S2/c1-24-13-16-11-22(20-7-2-3-8-21(20)23)26(14-16)33(29,30)18-6-4-5-17(12-18)25-32(27,28)19-9-10-31-15-19/h2-12,14-15,24-25H,13H2,1H3. The second kappa shape index (κ2) is 8.85. The van der Waals surface area contributed by atoms with Gasteiger partial charge in [0.25, 0.3) is 20.0 Å². The van der Waals surface area contributed by atoms with Crippen LogP contribution < -0.4 is 10.0 Å². The molecule has 2 aromatic heterocycles. The number of hydrogen-bond acceptors (Lipinski definition) is 6. The first kappa shape index (κ1) is 22.8. The molecule has 2 N–H and O–H groups in total. The molecule has 0 bridgehead atoms. The van der Waals surface area contributed by atoms with Gasteiger partial charge in [-0.25, -0.2) is 25.2 Å². The second-order valence-electron chi connectivity index (χ2n) is 7.14. The molecular formula is C22H20FN3O5S2. The van der Waals surface area contributed by atoms with Gasteiger partial charge in [0.05, 0.1) is 22.5 Å². The zero-order chi connectivity index (χ0) is 23.6. The van der Waals surface area contributed by atoms with Crippen LogP contribution in [0.4, 0.5) is 10.1 Å². The van der Waals surface area contributed by atoms with Crippen LogP contribution in [-0.4, -0.2) is 27.9 Å². The van der Waals surface area contributed by atoms with Crippen molar-refractivity contribution in [1.29, 1.82) is 0 Å². The minimum Gasteiger partial charge on any atom is -0.471 e. The van der Waals surface area contributed by atoms with E-state index in [1.807, 2.05) is 0 Å². The molecule has 0 radical (unpaired) electrons. The fraction of sp³-hybridized carbons (Fsp3) is 0.0909. The van der Waals surface area contributed by atoms with Gasteiger partial charge in [0, 0.05) is 18.3 Å². The van der Waals surface area contributed by atoms with Crippen molar-refractivity contribution in [2.75, 3.05) is 11.8 Å². The Bertz CT molecular complexity index is 1490. The molecule has 0 aliphatic rings. The summed E-state index contributed by atoms with van der Waals surface area (Å²) in [5.41, 5.74) is 0.964. The van der Waals surface area contributed by atoms with Crippen LogP contribution in [-0.2, 0) is 26.6 Å². The quantitative estimate of drug-likeness (QED) is 0.391. The summed E-state index contributed by atoms with van der Waals surface area (Å²) in [6, 6.07) is 14.1. The maximum atomic E-state index is 14.5. The van der Waals surface area contributed by atoms with Crippen molar-refractivity contribution in [2.24, 2.45) is 0 Å². The number of furan rings is 1. The maximum Gasteiger partial charge on any atom is 0.268 e. The first-order chi connectivity index (χ1) is 15.7. The third-order valence-electron chi connectivity index (χ3n) is 4.82. The predicted molar refractivity (Wildman–Crippen MR) is 121 cm³/mol. The number of rotatable bonds is 8. The molecule has 0 spiro atoms. The summed E-state index contributed by atoms with van der Waals surface area (Å²) in [7, 11) is -6.44. The van der Waals surface area contributed by atoms with Gasteiger partial charge in [-0.2, -0.15) is 0 Å². The summed E-state index contributed by atoms with van der Waals surface area (Å²) in [6.45, 7) is 0.370. The molecule has 0 fully saturated rings. The molecule has 8 nitrogen and oxygen atoms in total.